The van der Waals surface area contributed by atoms with Gasteiger partial charge in [-0.1, -0.05) is 30.3 Å². The van der Waals surface area contributed by atoms with Gasteiger partial charge < -0.3 is 10.2 Å². The number of hydrogen-bond donors (Lipinski definition) is 2. The van der Waals surface area contributed by atoms with E-state index in [-0.39, 0.29) is 17.1 Å². The zero-order chi connectivity index (χ0) is 11.5. The summed E-state index contributed by atoms with van der Waals surface area (Å²) in [5, 5.41) is 28.2. The predicted molar refractivity (Wildman–Crippen MR) is 59.9 cm³/mol. The molecule has 0 aliphatic rings. The molecule has 0 saturated carbocycles. The van der Waals surface area contributed by atoms with Gasteiger partial charge in [-0.25, -0.2) is 0 Å². The standard InChI is InChI=1S/C13H9NO2/c14-8-10-11(15)6-7-12(16)13(10)9-4-2-1-3-5-9/h1-7,15-16H. The van der Waals surface area contributed by atoms with E-state index in [9.17, 15) is 10.2 Å². The summed E-state index contributed by atoms with van der Waals surface area (Å²) in [6.45, 7) is 0. The van der Waals surface area contributed by atoms with Gasteiger partial charge in [0.05, 0.1) is 0 Å². The van der Waals surface area contributed by atoms with Crippen LogP contribution in [0, 0.1) is 11.3 Å². The molecule has 0 spiro atoms. The van der Waals surface area contributed by atoms with E-state index in [1.807, 2.05) is 12.1 Å². The highest BCUT2D eigenvalue weighted by Gasteiger charge is 2.13. The van der Waals surface area contributed by atoms with Crippen molar-refractivity contribution in [2.24, 2.45) is 0 Å². The van der Waals surface area contributed by atoms with E-state index >= 15 is 0 Å². The first-order valence-electron chi connectivity index (χ1n) is 4.74. The Labute approximate surface area is 92.8 Å². The largest absolute Gasteiger partial charge is 0.507 e. The molecule has 0 unspecified atom stereocenters. The SMILES string of the molecule is N#Cc1c(O)ccc(O)c1-c1ccccc1. The summed E-state index contributed by atoms with van der Waals surface area (Å²) < 4.78 is 0. The van der Waals surface area contributed by atoms with Crippen molar-refractivity contribution in [1.82, 2.24) is 0 Å². The molecule has 0 amide bonds. The summed E-state index contributed by atoms with van der Waals surface area (Å²) in [6, 6.07) is 13.6. The molecule has 16 heavy (non-hydrogen) atoms. The van der Waals surface area contributed by atoms with Crippen molar-refractivity contribution < 1.29 is 10.2 Å². The Morgan fingerprint density at radius 1 is 0.875 bits per heavy atom. The molecule has 2 rings (SSSR count). The first kappa shape index (κ1) is 10.1. The van der Waals surface area contributed by atoms with Gasteiger partial charge in [0.1, 0.15) is 23.1 Å². The Morgan fingerprint density at radius 3 is 2.12 bits per heavy atom. The summed E-state index contributed by atoms with van der Waals surface area (Å²) in [7, 11) is 0. The fourth-order valence-corrected chi connectivity index (χ4v) is 1.59. The number of hydrogen-bond acceptors (Lipinski definition) is 3. The minimum absolute atomic E-state index is 0.0134. The lowest BCUT2D eigenvalue weighted by molar-refractivity contribution is 0.460. The van der Waals surface area contributed by atoms with Crippen LogP contribution >= 0.6 is 0 Å². The van der Waals surface area contributed by atoms with Crippen LogP contribution in [-0.2, 0) is 0 Å². The lowest BCUT2D eigenvalue weighted by Gasteiger charge is -2.08. The van der Waals surface area contributed by atoms with Crippen LogP contribution in [0.4, 0.5) is 0 Å². The maximum Gasteiger partial charge on any atom is 0.134 e. The topological polar surface area (TPSA) is 64.2 Å². The lowest BCUT2D eigenvalue weighted by Crippen LogP contribution is -1.86. The second-order valence-electron chi connectivity index (χ2n) is 3.33. The van der Waals surface area contributed by atoms with Crippen molar-refractivity contribution >= 4 is 0 Å². The lowest BCUT2D eigenvalue weighted by atomic mass is 9.98. The molecular formula is C13H9NO2. The highest BCUT2D eigenvalue weighted by Crippen LogP contribution is 2.36. The van der Waals surface area contributed by atoms with Crippen LogP contribution in [-0.4, -0.2) is 10.2 Å². The summed E-state index contributed by atoms with van der Waals surface area (Å²) in [5.74, 6) is -0.139. The minimum atomic E-state index is -0.126. The van der Waals surface area contributed by atoms with Crippen LogP contribution in [0.5, 0.6) is 11.5 Å². The molecule has 0 atom stereocenters. The van der Waals surface area contributed by atoms with Crippen LogP contribution in [0.25, 0.3) is 11.1 Å². The molecule has 0 aromatic heterocycles. The number of phenols is 2. The van der Waals surface area contributed by atoms with Gasteiger partial charge in [-0.3, -0.25) is 0 Å². The second-order valence-corrected chi connectivity index (χ2v) is 3.33. The number of rotatable bonds is 1. The molecule has 2 N–H and O–H groups in total. The van der Waals surface area contributed by atoms with Gasteiger partial charge in [0.25, 0.3) is 0 Å². The van der Waals surface area contributed by atoms with Gasteiger partial charge in [0, 0.05) is 5.56 Å². The van der Waals surface area contributed by atoms with Gasteiger partial charge in [-0.2, -0.15) is 5.26 Å². The molecule has 3 nitrogen and oxygen atoms in total. The van der Waals surface area contributed by atoms with E-state index in [2.05, 4.69) is 0 Å². The smallest absolute Gasteiger partial charge is 0.134 e. The molecule has 2 aromatic rings. The molecule has 0 fully saturated rings. The molecule has 0 heterocycles. The molecule has 2 aromatic carbocycles. The van der Waals surface area contributed by atoms with E-state index in [4.69, 9.17) is 5.26 Å². The van der Waals surface area contributed by atoms with Gasteiger partial charge in [-0.05, 0) is 17.7 Å². The molecule has 0 bridgehead atoms. The number of phenolic OH excluding ortho intramolecular Hbond substituents is 2. The molecule has 78 valence electrons. The van der Waals surface area contributed by atoms with Crippen molar-refractivity contribution in [1.29, 1.82) is 5.26 Å². The van der Waals surface area contributed by atoms with Crippen LogP contribution in [0.1, 0.15) is 5.56 Å². The average Bonchev–Trinajstić information content (AvgIpc) is 2.33. The third-order valence-electron chi connectivity index (χ3n) is 2.34. The number of benzene rings is 2. The number of nitriles is 1. The van der Waals surface area contributed by atoms with E-state index < -0.39 is 0 Å². The quantitative estimate of drug-likeness (QED) is 0.712. The minimum Gasteiger partial charge on any atom is -0.507 e. The zero-order valence-corrected chi connectivity index (χ0v) is 8.38. The molecule has 0 aliphatic heterocycles. The first-order chi connectivity index (χ1) is 7.74. The third-order valence-corrected chi connectivity index (χ3v) is 2.34. The Hall–Kier alpha value is -2.47. The zero-order valence-electron chi connectivity index (χ0n) is 8.38. The second kappa shape index (κ2) is 3.95. The Bertz CT molecular complexity index is 556. The van der Waals surface area contributed by atoms with Crippen LogP contribution < -0.4 is 0 Å². The van der Waals surface area contributed by atoms with E-state index in [0.29, 0.717) is 11.1 Å². The fourth-order valence-electron chi connectivity index (χ4n) is 1.59. The molecule has 3 heteroatoms. The van der Waals surface area contributed by atoms with Crippen LogP contribution in [0.15, 0.2) is 42.5 Å². The van der Waals surface area contributed by atoms with Crippen molar-refractivity contribution in [3.05, 3.63) is 48.0 Å². The van der Waals surface area contributed by atoms with E-state index in [1.165, 1.54) is 12.1 Å². The Balaban J connectivity index is 2.75. The maximum absolute atomic E-state index is 9.74. The molecule has 0 aliphatic carbocycles. The summed E-state index contributed by atoms with van der Waals surface area (Å²) in [5.41, 5.74) is 1.15. The van der Waals surface area contributed by atoms with Gasteiger partial charge in [0.15, 0.2) is 0 Å². The van der Waals surface area contributed by atoms with Crippen molar-refractivity contribution in [2.45, 2.75) is 0 Å². The average molecular weight is 211 g/mol. The van der Waals surface area contributed by atoms with Gasteiger partial charge in [0.2, 0.25) is 0 Å². The van der Waals surface area contributed by atoms with E-state index in [0.717, 1.165) is 0 Å². The first-order valence-corrected chi connectivity index (χ1v) is 4.74. The number of aromatic hydroxyl groups is 2. The van der Waals surface area contributed by atoms with Crippen molar-refractivity contribution in [3.63, 3.8) is 0 Å². The molecular weight excluding hydrogens is 202 g/mol. The summed E-state index contributed by atoms with van der Waals surface area (Å²) >= 11 is 0. The Morgan fingerprint density at radius 2 is 1.50 bits per heavy atom. The van der Waals surface area contributed by atoms with Crippen molar-refractivity contribution in [2.75, 3.05) is 0 Å². The maximum atomic E-state index is 9.74. The van der Waals surface area contributed by atoms with Crippen molar-refractivity contribution in [3.8, 4) is 28.7 Å². The highest BCUT2D eigenvalue weighted by atomic mass is 16.3. The summed E-state index contributed by atoms with van der Waals surface area (Å²) in [6.07, 6.45) is 0. The Kier molecular flexibility index (Phi) is 2.49. The normalized spacial score (nSPS) is 9.69. The van der Waals surface area contributed by atoms with Crippen LogP contribution in [0.2, 0.25) is 0 Å². The summed E-state index contributed by atoms with van der Waals surface area (Å²) in [4.78, 5) is 0. The predicted octanol–water partition coefficient (Wildman–Crippen LogP) is 2.64. The number of nitrogens with zero attached hydrogens (tertiary/aromatic N) is 1. The van der Waals surface area contributed by atoms with E-state index in [1.54, 1.807) is 24.3 Å². The highest BCUT2D eigenvalue weighted by molar-refractivity contribution is 5.78. The van der Waals surface area contributed by atoms with Gasteiger partial charge in [-0.15, -0.1) is 0 Å². The monoisotopic (exact) mass is 211 g/mol. The fraction of sp³-hybridized carbons (Fsp3) is 0. The van der Waals surface area contributed by atoms with Crippen LogP contribution in [0.3, 0.4) is 0 Å². The molecule has 0 saturated heterocycles. The third kappa shape index (κ3) is 1.57. The van der Waals surface area contributed by atoms with Gasteiger partial charge >= 0.3 is 0 Å². The molecule has 0 radical (unpaired) electrons.